The van der Waals surface area contributed by atoms with Crippen molar-refractivity contribution in [2.24, 2.45) is 0 Å². The third-order valence-corrected chi connectivity index (χ3v) is 4.83. The van der Waals surface area contributed by atoms with Crippen LogP contribution in [0.2, 0.25) is 0 Å². The molecule has 0 amide bonds. The Balaban J connectivity index is 2.32. The van der Waals surface area contributed by atoms with E-state index in [2.05, 4.69) is 36.3 Å². The quantitative estimate of drug-likeness (QED) is 0.745. The molecule has 0 aliphatic rings. The van der Waals surface area contributed by atoms with Gasteiger partial charge in [-0.05, 0) is 13.3 Å². The number of hydrogen-bond acceptors (Lipinski definition) is 6. The Kier molecular flexibility index (Phi) is 6.96. The van der Waals surface area contributed by atoms with Crippen LogP contribution in [0.4, 0.5) is 5.13 Å². The third-order valence-electron chi connectivity index (χ3n) is 2.56. The Morgan fingerprint density at radius 2 is 2.06 bits per heavy atom. The number of aromatic nitrogens is 2. The van der Waals surface area contributed by atoms with Gasteiger partial charge in [-0.1, -0.05) is 43.4 Å². The predicted molar refractivity (Wildman–Crippen MR) is 81.9 cm³/mol. The van der Waals surface area contributed by atoms with Gasteiger partial charge in [0.1, 0.15) is 0 Å². The lowest BCUT2D eigenvalue weighted by molar-refractivity contribution is 0.511. The van der Waals surface area contributed by atoms with Gasteiger partial charge in [0.2, 0.25) is 5.13 Å². The summed E-state index contributed by atoms with van der Waals surface area (Å²) in [5.41, 5.74) is 0. The van der Waals surface area contributed by atoms with E-state index in [1.54, 1.807) is 23.1 Å². The molecule has 0 radical (unpaired) electrons. The Morgan fingerprint density at radius 3 is 2.61 bits per heavy atom. The highest BCUT2D eigenvalue weighted by molar-refractivity contribution is 8.01. The summed E-state index contributed by atoms with van der Waals surface area (Å²) in [5, 5.41) is 13.4. The zero-order chi connectivity index (χ0) is 13.5. The number of rotatable bonds is 8. The van der Waals surface area contributed by atoms with Crippen LogP contribution in [0.15, 0.2) is 4.34 Å². The zero-order valence-corrected chi connectivity index (χ0v) is 13.6. The fourth-order valence-electron chi connectivity index (χ4n) is 1.55. The molecule has 6 heteroatoms. The first-order chi connectivity index (χ1) is 8.52. The van der Waals surface area contributed by atoms with Gasteiger partial charge in [-0.25, -0.2) is 0 Å². The van der Waals surface area contributed by atoms with E-state index in [4.69, 9.17) is 0 Å². The van der Waals surface area contributed by atoms with E-state index in [-0.39, 0.29) is 0 Å². The molecule has 4 nitrogen and oxygen atoms in total. The number of anilines is 1. The van der Waals surface area contributed by atoms with Crippen LogP contribution in [0.5, 0.6) is 0 Å². The van der Waals surface area contributed by atoms with Gasteiger partial charge in [0.25, 0.3) is 0 Å². The van der Waals surface area contributed by atoms with Crippen LogP contribution in [0, 0.1) is 0 Å². The summed E-state index contributed by atoms with van der Waals surface area (Å²) in [6, 6.07) is 0.602. The predicted octanol–water partition coefficient (Wildman–Crippen LogP) is 2.86. The molecular weight excluding hydrogens is 264 g/mol. The lowest BCUT2D eigenvalue weighted by Crippen LogP contribution is -2.31. The monoisotopic (exact) mass is 288 g/mol. The molecular formula is C12H24N4S2. The Hall–Kier alpha value is -0.330. The van der Waals surface area contributed by atoms with Gasteiger partial charge in [0.15, 0.2) is 4.34 Å². The van der Waals surface area contributed by atoms with E-state index < -0.39 is 0 Å². The summed E-state index contributed by atoms with van der Waals surface area (Å²) < 4.78 is 1.05. The van der Waals surface area contributed by atoms with Crippen LogP contribution in [0.1, 0.15) is 33.6 Å². The molecule has 104 valence electrons. The van der Waals surface area contributed by atoms with Crippen molar-refractivity contribution in [1.82, 2.24) is 15.5 Å². The topological polar surface area (TPSA) is 41.1 Å². The Morgan fingerprint density at radius 1 is 1.33 bits per heavy atom. The molecule has 0 aromatic carbocycles. The van der Waals surface area contributed by atoms with Gasteiger partial charge in [0.05, 0.1) is 0 Å². The first kappa shape index (κ1) is 15.7. The summed E-state index contributed by atoms with van der Waals surface area (Å²) in [4.78, 5) is 1.99. The minimum Gasteiger partial charge on any atom is -0.353 e. The van der Waals surface area contributed by atoms with E-state index in [0.717, 1.165) is 16.0 Å². The smallest absolute Gasteiger partial charge is 0.208 e. The van der Waals surface area contributed by atoms with Crippen molar-refractivity contribution >= 4 is 28.2 Å². The van der Waals surface area contributed by atoms with Crippen molar-refractivity contribution in [1.29, 1.82) is 0 Å². The van der Waals surface area contributed by atoms with E-state index in [1.165, 1.54) is 12.8 Å². The van der Waals surface area contributed by atoms with Crippen molar-refractivity contribution in [3.63, 3.8) is 0 Å². The second-order valence-electron chi connectivity index (χ2n) is 4.77. The van der Waals surface area contributed by atoms with E-state index in [1.807, 2.05) is 19.0 Å². The molecule has 2 unspecified atom stereocenters. The van der Waals surface area contributed by atoms with Crippen molar-refractivity contribution in [2.45, 2.75) is 49.2 Å². The van der Waals surface area contributed by atoms with Crippen molar-refractivity contribution in [3.8, 4) is 0 Å². The van der Waals surface area contributed by atoms with Crippen molar-refractivity contribution < 1.29 is 0 Å². The largest absolute Gasteiger partial charge is 0.353 e. The molecule has 1 aromatic rings. The summed E-state index contributed by atoms with van der Waals surface area (Å²) in [6.07, 6.45) is 2.47. The van der Waals surface area contributed by atoms with Gasteiger partial charge in [-0.2, -0.15) is 0 Å². The molecule has 18 heavy (non-hydrogen) atoms. The molecule has 1 aromatic heterocycles. The second-order valence-corrected chi connectivity index (χ2v) is 7.41. The lowest BCUT2D eigenvalue weighted by Gasteiger charge is -2.15. The van der Waals surface area contributed by atoms with E-state index in [0.29, 0.717) is 11.3 Å². The lowest BCUT2D eigenvalue weighted by atomic mass is 10.2. The summed E-state index contributed by atoms with van der Waals surface area (Å²) in [6.45, 7) is 7.71. The van der Waals surface area contributed by atoms with Gasteiger partial charge < -0.3 is 10.2 Å². The zero-order valence-electron chi connectivity index (χ0n) is 11.9. The van der Waals surface area contributed by atoms with Crippen molar-refractivity contribution in [2.75, 3.05) is 25.5 Å². The van der Waals surface area contributed by atoms with Crippen LogP contribution in [-0.2, 0) is 0 Å². The number of nitrogens with zero attached hydrogens (tertiary/aromatic N) is 3. The molecule has 0 aliphatic heterocycles. The molecule has 0 saturated heterocycles. The standard InChI is InChI=1S/C12H24N4S2/c1-6-7-9(2)13-8-10(3)17-12-15-14-11(18-12)16(4)5/h9-10,13H,6-8H2,1-5H3. The Labute approximate surface area is 119 Å². The minimum atomic E-state index is 0.521. The van der Waals surface area contributed by atoms with Crippen LogP contribution < -0.4 is 10.2 Å². The molecule has 0 bridgehead atoms. The molecule has 1 N–H and O–H groups in total. The number of thioether (sulfide) groups is 1. The molecule has 1 heterocycles. The van der Waals surface area contributed by atoms with Crippen LogP contribution >= 0.6 is 23.1 Å². The SMILES string of the molecule is CCCC(C)NCC(C)Sc1nnc(N(C)C)s1. The summed E-state index contributed by atoms with van der Waals surface area (Å²) in [7, 11) is 3.98. The molecule has 0 saturated carbocycles. The Bertz CT molecular complexity index is 341. The fraction of sp³-hybridized carbons (Fsp3) is 0.833. The average molecular weight is 288 g/mol. The minimum absolute atomic E-state index is 0.521. The second kappa shape index (κ2) is 7.96. The maximum absolute atomic E-state index is 4.20. The summed E-state index contributed by atoms with van der Waals surface area (Å²) in [5.74, 6) is 0. The molecule has 0 aliphatic carbocycles. The van der Waals surface area contributed by atoms with Crippen molar-refractivity contribution in [3.05, 3.63) is 0 Å². The van der Waals surface area contributed by atoms with Crippen LogP contribution in [0.3, 0.4) is 0 Å². The highest BCUT2D eigenvalue weighted by Crippen LogP contribution is 2.29. The third kappa shape index (κ3) is 5.54. The number of nitrogens with one attached hydrogen (secondary N) is 1. The van der Waals surface area contributed by atoms with Crippen LogP contribution in [-0.4, -0.2) is 42.1 Å². The van der Waals surface area contributed by atoms with Gasteiger partial charge >= 0.3 is 0 Å². The maximum atomic E-state index is 4.20. The maximum Gasteiger partial charge on any atom is 0.208 e. The van der Waals surface area contributed by atoms with Gasteiger partial charge in [-0.15, -0.1) is 10.2 Å². The highest BCUT2D eigenvalue weighted by Gasteiger charge is 2.11. The normalized spacial score (nSPS) is 14.5. The molecule has 0 fully saturated rings. The average Bonchev–Trinajstić information content (AvgIpc) is 2.75. The molecule has 2 atom stereocenters. The molecule has 0 spiro atoms. The van der Waals surface area contributed by atoms with E-state index >= 15 is 0 Å². The first-order valence-corrected chi connectivity index (χ1v) is 8.13. The van der Waals surface area contributed by atoms with Gasteiger partial charge in [-0.3, -0.25) is 0 Å². The first-order valence-electron chi connectivity index (χ1n) is 6.43. The highest BCUT2D eigenvalue weighted by atomic mass is 32.2. The van der Waals surface area contributed by atoms with Crippen LogP contribution in [0.25, 0.3) is 0 Å². The fourth-order valence-corrected chi connectivity index (χ4v) is 3.57. The van der Waals surface area contributed by atoms with E-state index in [9.17, 15) is 0 Å². The summed E-state index contributed by atoms with van der Waals surface area (Å²) >= 11 is 3.45. The number of hydrogen-bond donors (Lipinski definition) is 1. The van der Waals surface area contributed by atoms with Gasteiger partial charge in [0, 0.05) is 31.9 Å². The molecule has 1 rings (SSSR count).